The predicted octanol–water partition coefficient (Wildman–Crippen LogP) is 3.52. The summed E-state index contributed by atoms with van der Waals surface area (Å²) in [7, 11) is 0. The Morgan fingerprint density at radius 3 is 2.45 bits per heavy atom. The van der Waals surface area contributed by atoms with E-state index in [4.69, 9.17) is 0 Å². The highest BCUT2D eigenvalue weighted by Crippen LogP contribution is 2.44. The summed E-state index contributed by atoms with van der Waals surface area (Å²) in [6.07, 6.45) is 0. The molecule has 29 heavy (non-hydrogen) atoms. The second-order valence-electron chi connectivity index (χ2n) is 7.35. The maximum absolute atomic E-state index is 13.3. The summed E-state index contributed by atoms with van der Waals surface area (Å²) in [6.45, 7) is 3.69. The third kappa shape index (κ3) is 3.19. The average molecular weight is 386 g/mol. The standard InChI is InChI=1S/C24H22N2O3/c1-16-12-13-17(2)20(14-16)25-22(27)15-26-21-11-7-6-10-19(21)24(29,23(26)28)18-8-4-3-5-9-18/h3-14,29H,15H2,1-2H3,(H,25,27). The number of aryl methyl sites for hydroxylation is 2. The Balaban J connectivity index is 1.66. The molecule has 1 unspecified atom stereocenters. The lowest BCUT2D eigenvalue weighted by Crippen LogP contribution is -2.44. The number of hydrogen-bond acceptors (Lipinski definition) is 3. The number of fused-ring (bicyclic) bond motifs is 1. The third-order valence-corrected chi connectivity index (χ3v) is 5.30. The van der Waals surface area contributed by atoms with Gasteiger partial charge in [-0.2, -0.15) is 0 Å². The highest BCUT2D eigenvalue weighted by atomic mass is 16.3. The molecule has 5 heteroatoms. The number of benzene rings is 3. The molecule has 1 heterocycles. The molecule has 0 aliphatic carbocycles. The van der Waals surface area contributed by atoms with E-state index in [0.29, 0.717) is 22.5 Å². The Kier molecular flexibility index (Phi) is 4.68. The molecular weight excluding hydrogens is 364 g/mol. The van der Waals surface area contributed by atoms with E-state index < -0.39 is 11.5 Å². The molecule has 4 rings (SSSR count). The van der Waals surface area contributed by atoms with Crippen LogP contribution in [0.4, 0.5) is 11.4 Å². The van der Waals surface area contributed by atoms with Crippen LogP contribution in [0.15, 0.2) is 72.8 Å². The van der Waals surface area contributed by atoms with Crippen LogP contribution in [0.3, 0.4) is 0 Å². The molecule has 0 aromatic heterocycles. The van der Waals surface area contributed by atoms with E-state index in [0.717, 1.165) is 11.1 Å². The number of aliphatic hydroxyl groups is 1. The lowest BCUT2D eigenvalue weighted by Gasteiger charge is -2.23. The van der Waals surface area contributed by atoms with Crippen molar-refractivity contribution in [2.24, 2.45) is 0 Å². The number of amides is 2. The summed E-state index contributed by atoms with van der Waals surface area (Å²) in [5.74, 6) is -0.847. The van der Waals surface area contributed by atoms with E-state index >= 15 is 0 Å². The number of carbonyl (C=O) groups excluding carboxylic acids is 2. The normalized spacial score (nSPS) is 17.9. The number of hydrogen-bond donors (Lipinski definition) is 2. The van der Waals surface area contributed by atoms with Crippen molar-refractivity contribution in [1.82, 2.24) is 0 Å². The highest BCUT2D eigenvalue weighted by molar-refractivity contribution is 6.12. The van der Waals surface area contributed by atoms with Crippen molar-refractivity contribution in [3.8, 4) is 0 Å². The van der Waals surface area contributed by atoms with E-state index in [1.807, 2.05) is 38.1 Å². The fourth-order valence-corrected chi connectivity index (χ4v) is 3.75. The quantitative estimate of drug-likeness (QED) is 0.721. The first-order chi connectivity index (χ1) is 13.9. The SMILES string of the molecule is Cc1ccc(C)c(NC(=O)CN2C(=O)C(O)(c3ccccc3)c3ccccc32)c1. The molecule has 146 valence electrons. The Morgan fingerprint density at radius 2 is 1.69 bits per heavy atom. The maximum Gasteiger partial charge on any atom is 0.268 e. The molecule has 0 spiro atoms. The average Bonchev–Trinajstić information content (AvgIpc) is 2.94. The Labute approximate surface area is 169 Å². The largest absolute Gasteiger partial charge is 0.372 e. The second-order valence-corrected chi connectivity index (χ2v) is 7.35. The van der Waals surface area contributed by atoms with Gasteiger partial charge >= 0.3 is 0 Å². The summed E-state index contributed by atoms with van der Waals surface area (Å²) in [4.78, 5) is 27.4. The van der Waals surface area contributed by atoms with Crippen LogP contribution in [-0.4, -0.2) is 23.5 Å². The zero-order valence-electron chi connectivity index (χ0n) is 16.3. The topological polar surface area (TPSA) is 69.6 Å². The molecule has 5 nitrogen and oxygen atoms in total. The van der Waals surface area contributed by atoms with Gasteiger partial charge in [0.1, 0.15) is 6.54 Å². The fraction of sp³-hybridized carbons (Fsp3) is 0.167. The predicted molar refractivity (Wildman–Crippen MR) is 113 cm³/mol. The van der Waals surface area contributed by atoms with Crippen molar-refractivity contribution in [1.29, 1.82) is 0 Å². The van der Waals surface area contributed by atoms with Crippen molar-refractivity contribution in [2.45, 2.75) is 19.4 Å². The molecule has 0 saturated heterocycles. The zero-order chi connectivity index (χ0) is 20.6. The molecule has 2 amide bonds. The molecule has 0 fully saturated rings. The van der Waals surface area contributed by atoms with Crippen LogP contribution in [0.25, 0.3) is 0 Å². The van der Waals surface area contributed by atoms with Crippen molar-refractivity contribution < 1.29 is 14.7 Å². The van der Waals surface area contributed by atoms with Crippen molar-refractivity contribution in [2.75, 3.05) is 16.8 Å². The monoisotopic (exact) mass is 386 g/mol. The Bertz CT molecular complexity index is 1090. The van der Waals surface area contributed by atoms with Gasteiger partial charge in [0.15, 0.2) is 5.60 Å². The van der Waals surface area contributed by atoms with Gasteiger partial charge in [-0.3, -0.25) is 14.5 Å². The molecule has 3 aromatic rings. The smallest absolute Gasteiger partial charge is 0.268 e. The van der Waals surface area contributed by atoms with Gasteiger partial charge in [-0.05, 0) is 42.7 Å². The van der Waals surface area contributed by atoms with Gasteiger partial charge in [-0.1, -0.05) is 60.7 Å². The highest BCUT2D eigenvalue weighted by Gasteiger charge is 2.51. The van der Waals surface area contributed by atoms with Crippen LogP contribution >= 0.6 is 0 Å². The maximum atomic E-state index is 13.3. The molecular formula is C24H22N2O3. The van der Waals surface area contributed by atoms with Crippen molar-refractivity contribution >= 4 is 23.2 Å². The Hall–Kier alpha value is -3.44. The summed E-state index contributed by atoms with van der Waals surface area (Å²) in [5, 5.41) is 14.3. The van der Waals surface area contributed by atoms with Crippen LogP contribution in [0.1, 0.15) is 22.3 Å². The number of para-hydroxylation sites is 1. The van der Waals surface area contributed by atoms with Crippen molar-refractivity contribution in [3.63, 3.8) is 0 Å². The van der Waals surface area contributed by atoms with Gasteiger partial charge in [0.2, 0.25) is 5.91 Å². The van der Waals surface area contributed by atoms with E-state index in [-0.39, 0.29) is 12.5 Å². The number of rotatable bonds is 4. The molecule has 0 radical (unpaired) electrons. The molecule has 0 saturated carbocycles. The van der Waals surface area contributed by atoms with Crippen LogP contribution < -0.4 is 10.2 Å². The number of carbonyl (C=O) groups is 2. The fourth-order valence-electron chi connectivity index (χ4n) is 3.75. The van der Waals surface area contributed by atoms with Crippen molar-refractivity contribution in [3.05, 3.63) is 95.1 Å². The van der Waals surface area contributed by atoms with E-state index in [9.17, 15) is 14.7 Å². The molecule has 3 aromatic carbocycles. The second kappa shape index (κ2) is 7.18. The summed E-state index contributed by atoms with van der Waals surface area (Å²) >= 11 is 0. The number of nitrogens with one attached hydrogen (secondary N) is 1. The summed E-state index contributed by atoms with van der Waals surface area (Å²) in [5.41, 5.74) is 2.39. The van der Waals surface area contributed by atoms with E-state index in [1.165, 1.54) is 4.90 Å². The molecule has 1 aliphatic rings. The minimum Gasteiger partial charge on any atom is -0.372 e. The van der Waals surface area contributed by atoms with Gasteiger partial charge in [0.25, 0.3) is 5.91 Å². The molecule has 1 atom stereocenters. The van der Waals surface area contributed by atoms with Crippen LogP contribution in [0, 0.1) is 13.8 Å². The summed E-state index contributed by atoms with van der Waals surface area (Å²) < 4.78 is 0. The number of anilines is 2. The minimum absolute atomic E-state index is 0.182. The first-order valence-corrected chi connectivity index (χ1v) is 9.47. The first kappa shape index (κ1) is 18.9. The summed E-state index contributed by atoms with van der Waals surface area (Å²) in [6, 6.07) is 21.7. The third-order valence-electron chi connectivity index (χ3n) is 5.30. The van der Waals surface area contributed by atoms with Gasteiger partial charge in [-0.25, -0.2) is 0 Å². The Morgan fingerprint density at radius 1 is 1.00 bits per heavy atom. The van der Waals surface area contributed by atoms with Crippen LogP contribution in [0.5, 0.6) is 0 Å². The van der Waals surface area contributed by atoms with Crippen LogP contribution in [-0.2, 0) is 15.2 Å². The van der Waals surface area contributed by atoms with E-state index in [1.54, 1.807) is 48.5 Å². The zero-order valence-corrected chi connectivity index (χ0v) is 16.3. The van der Waals surface area contributed by atoms with Gasteiger partial charge < -0.3 is 10.4 Å². The molecule has 0 bridgehead atoms. The minimum atomic E-state index is -1.81. The number of nitrogens with zero attached hydrogens (tertiary/aromatic N) is 1. The van der Waals surface area contributed by atoms with Gasteiger partial charge in [-0.15, -0.1) is 0 Å². The molecule has 2 N–H and O–H groups in total. The lowest BCUT2D eigenvalue weighted by atomic mass is 9.88. The lowest BCUT2D eigenvalue weighted by molar-refractivity contribution is -0.133. The van der Waals surface area contributed by atoms with E-state index in [2.05, 4.69) is 5.32 Å². The van der Waals surface area contributed by atoms with Crippen LogP contribution in [0.2, 0.25) is 0 Å². The molecule has 1 aliphatic heterocycles. The van der Waals surface area contributed by atoms with Gasteiger partial charge in [0, 0.05) is 11.3 Å². The van der Waals surface area contributed by atoms with Gasteiger partial charge in [0.05, 0.1) is 5.69 Å². The first-order valence-electron chi connectivity index (χ1n) is 9.47.